The molecule has 0 N–H and O–H groups in total. The third kappa shape index (κ3) is 0.676. The van der Waals surface area contributed by atoms with E-state index in [1.54, 1.807) is 0 Å². The summed E-state index contributed by atoms with van der Waals surface area (Å²) in [6.07, 6.45) is 1.36. The van der Waals surface area contributed by atoms with Crippen LogP contribution in [0.25, 0.3) is 0 Å². The molecule has 1 rings (SSSR count). The van der Waals surface area contributed by atoms with Gasteiger partial charge in [-0.2, -0.15) is 5.10 Å². The van der Waals surface area contributed by atoms with Gasteiger partial charge in [-0.3, -0.25) is 0 Å². The quantitative estimate of drug-likeness (QED) is 0.434. The van der Waals surface area contributed by atoms with Crippen LogP contribution in [0.1, 0.15) is 0 Å². The van der Waals surface area contributed by atoms with Crippen LogP contribution in [-0.4, -0.2) is 15.9 Å². The highest BCUT2D eigenvalue weighted by Gasteiger charge is 1.83. The molecule has 1 heterocycles. The van der Waals surface area contributed by atoms with Crippen LogP contribution in [-0.2, 0) is 0 Å². The minimum atomic E-state index is -1.31. The smallest absolute Gasteiger partial charge is 0.163 e. The topological polar surface area (TPSA) is 57.9 Å². The molecule has 1 aromatic rings. The first kappa shape index (κ1) is 4.83. The fourth-order valence-electron chi connectivity index (χ4n) is 0.377. The highest BCUT2D eigenvalue weighted by molar-refractivity contribution is 5.63. The molecule has 0 saturated heterocycles. The average Bonchev–Trinajstić information content (AvgIpc) is 2.12. The Morgan fingerprint density at radius 3 is 2.75 bits per heavy atom. The highest BCUT2D eigenvalue weighted by atomic mass is 16.4. The van der Waals surface area contributed by atoms with Gasteiger partial charge in [-0.05, 0) is 6.07 Å². The van der Waals surface area contributed by atoms with Gasteiger partial charge in [0, 0.05) is 12.4 Å². The minimum Gasteiger partial charge on any atom is -0.528 e. The van der Waals surface area contributed by atoms with E-state index in [1.165, 1.54) is 18.5 Å². The Labute approximate surface area is 45.4 Å². The molecule has 4 nitrogen and oxygen atoms in total. The summed E-state index contributed by atoms with van der Waals surface area (Å²) in [7, 11) is 0. The summed E-state index contributed by atoms with van der Waals surface area (Å²) in [6, 6.07) is 1.51. The van der Waals surface area contributed by atoms with Crippen molar-refractivity contribution in [2.24, 2.45) is 0 Å². The van der Waals surface area contributed by atoms with Gasteiger partial charge in [-0.15, -0.1) is 0 Å². The minimum absolute atomic E-state index is 0.722. The maximum absolute atomic E-state index is 9.85. The van der Waals surface area contributed by atoms with Gasteiger partial charge in [0.05, 0.1) is 0 Å². The molecular formula is C4H3N2O2-. The first-order valence-corrected chi connectivity index (χ1v) is 2.01. The first-order chi connectivity index (χ1) is 3.80. The molecule has 0 radical (unpaired) electrons. The molecule has 0 spiro atoms. The Morgan fingerprint density at radius 2 is 2.50 bits per heavy atom. The van der Waals surface area contributed by atoms with Gasteiger partial charge in [0.15, 0.2) is 6.09 Å². The van der Waals surface area contributed by atoms with E-state index in [9.17, 15) is 9.90 Å². The normalized spacial score (nSPS) is 9.00. The van der Waals surface area contributed by atoms with Crippen molar-refractivity contribution in [3.63, 3.8) is 0 Å². The Hall–Kier alpha value is -1.32. The third-order valence-electron chi connectivity index (χ3n) is 0.691. The lowest BCUT2D eigenvalue weighted by Crippen LogP contribution is -2.28. The molecule has 0 aromatic carbocycles. The van der Waals surface area contributed by atoms with Gasteiger partial charge < -0.3 is 9.90 Å². The fraction of sp³-hybridized carbons (Fsp3) is 0. The molecule has 0 aliphatic carbocycles. The summed E-state index contributed by atoms with van der Waals surface area (Å²) < 4.78 is 0.722. The molecule has 4 heteroatoms. The predicted molar refractivity (Wildman–Crippen MR) is 23.0 cm³/mol. The third-order valence-corrected chi connectivity index (χ3v) is 0.691. The lowest BCUT2D eigenvalue weighted by atomic mass is 10.8. The summed E-state index contributed by atoms with van der Waals surface area (Å²) in [5.74, 6) is 0. The molecule has 0 aliphatic rings. The number of rotatable bonds is 0. The van der Waals surface area contributed by atoms with Crippen LogP contribution >= 0.6 is 0 Å². The van der Waals surface area contributed by atoms with Gasteiger partial charge >= 0.3 is 0 Å². The SMILES string of the molecule is O=C([O-])n1cccn1. The van der Waals surface area contributed by atoms with Crippen LogP contribution in [0, 0.1) is 0 Å². The van der Waals surface area contributed by atoms with Crippen molar-refractivity contribution >= 4 is 6.09 Å². The molecule has 0 atom stereocenters. The van der Waals surface area contributed by atoms with Crippen LogP contribution in [0.15, 0.2) is 18.5 Å². The Balaban J connectivity index is 2.93. The number of nitrogens with zero attached hydrogens (tertiary/aromatic N) is 2. The zero-order chi connectivity index (χ0) is 5.98. The van der Waals surface area contributed by atoms with Gasteiger partial charge in [0.2, 0.25) is 0 Å². The Kier molecular flexibility index (Phi) is 0.997. The first-order valence-electron chi connectivity index (χ1n) is 2.01. The van der Waals surface area contributed by atoms with Crippen LogP contribution in [0.4, 0.5) is 4.79 Å². The van der Waals surface area contributed by atoms with Crippen molar-refractivity contribution in [1.29, 1.82) is 0 Å². The highest BCUT2D eigenvalue weighted by Crippen LogP contribution is 1.78. The largest absolute Gasteiger partial charge is 0.528 e. The Bertz CT molecular complexity index is 180. The van der Waals surface area contributed by atoms with E-state index in [1.807, 2.05) is 0 Å². The van der Waals surface area contributed by atoms with Gasteiger partial charge in [0.25, 0.3) is 0 Å². The molecule has 0 bridgehead atoms. The van der Waals surface area contributed by atoms with E-state index >= 15 is 0 Å². The van der Waals surface area contributed by atoms with Crippen molar-refractivity contribution in [3.8, 4) is 0 Å². The van der Waals surface area contributed by atoms with Crippen LogP contribution in [0.2, 0.25) is 0 Å². The average molecular weight is 111 g/mol. The fourth-order valence-corrected chi connectivity index (χ4v) is 0.377. The van der Waals surface area contributed by atoms with Crippen LogP contribution in [0.5, 0.6) is 0 Å². The van der Waals surface area contributed by atoms with Crippen molar-refractivity contribution < 1.29 is 9.90 Å². The van der Waals surface area contributed by atoms with E-state index in [0.717, 1.165) is 4.68 Å². The van der Waals surface area contributed by atoms with Crippen molar-refractivity contribution in [2.75, 3.05) is 0 Å². The lowest BCUT2D eigenvalue weighted by Gasteiger charge is -1.96. The summed E-state index contributed by atoms with van der Waals surface area (Å²) in [4.78, 5) is 9.85. The second kappa shape index (κ2) is 1.65. The molecule has 0 fully saturated rings. The monoisotopic (exact) mass is 111 g/mol. The summed E-state index contributed by atoms with van der Waals surface area (Å²) in [6.45, 7) is 0. The maximum Gasteiger partial charge on any atom is 0.163 e. The molecule has 1 aromatic heterocycles. The molecule has 8 heavy (non-hydrogen) atoms. The summed E-state index contributed by atoms with van der Waals surface area (Å²) >= 11 is 0. The van der Waals surface area contributed by atoms with E-state index in [2.05, 4.69) is 5.10 Å². The zero-order valence-corrected chi connectivity index (χ0v) is 3.94. The molecule has 0 amide bonds. The van der Waals surface area contributed by atoms with Gasteiger partial charge in [-0.1, -0.05) is 0 Å². The molecular weight excluding hydrogens is 108 g/mol. The number of hydrogen-bond acceptors (Lipinski definition) is 3. The zero-order valence-electron chi connectivity index (χ0n) is 3.94. The van der Waals surface area contributed by atoms with Crippen molar-refractivity contribution in [1.82, 2.24) is 9.78 Å². The van der Waals surface area contributed by atoms with Gasteiger partial charge in [0.1, 0.15) is 0 Å². The Morgan fingerprint density at radius 1 is 1.75 bits per heavy atom. The number of aromatic nitrogens is 2. The van der Waals surface area contributed by atoms with Crippen LogP contribution in [0.3, 0.4) is 0 Å². The molecule has 0 aliphatic heterocycles. The number of carbonyl (C=O) groups excluding carboxylic acids is 1. The molecule has 0 saturated carbocycles. The molecule has 42 valence electrons. The van der Waals surface area contributed by atoms with Gasteiger partial charge in [-0.25, -0.2) is 4.68 Å². The van der Waals surface area contributed by atoms with E-state index in [0.29, 0.717) is 0 Å². The maximum atomic E-state index is 9.85. The molecule has 0 unspecified atom stereocenters. The second-order valence-electron chi connectivity index (χ2n) is 1.22. The van der Waals surface area contributed by atoms with E-state index < -0.39 is 6.09 Å². The summed E-state index contributed by atoms with van der Waals surface area (Å²) in [5.41, 5.74) is 0. The lowest BCUT2D eigenvalue weighted by molar-refractivity contribution is -0.251. The summed E-state index contributed by atoms with van der Waals surface area (Å²) in [5, 5.41) is 13.2. The predicted octanol–water partition coefficient (Wildman–Crippen LogP) is -0.926. The van der Waals surface area contributed by atoms with Crippen molar-refractivity contribution in [3.05, 3.63) is 18.5 Å². The number of carbonyl (C=O) groups is 1. The van der Waals surface area contributed by atoms with Crippen LogP contribution < -0.4 is 5.11 Å². The van der Waals surface area contributed by atoms with Crippen molar-refractivity contribution in [2.45, 2.75) is 0 Å². The van der Waals surface area contributed by atoms with E-state index in [4.69, 9.17) is 0 Å². The number of carboxylic acid groups (broad SMARTS) is 1. The van der Waals surface area contributed by atoms with E-state index in [-0.39, 0.29) is 0 Å². The second-order valence-corrected chi connectivity index (χ2v) is 1.22. The standard InChI is InChI=1S/C4H4N2O2/c7-4(8)6-3-1-2-5-6/h1-3H,(H,7,8)/p-1. The number of hydrogen-bond donors (Lipinski definition) is 0.